The number of carboxylic acid groups (broad SMARTS) is 1. The van der Waals surface area contributed by atoms with Gasteiger partial charge in [-0.15, -0.1) is 0 Å². The second-order valence-corrected chi connectivity index (χ2v) is 4.92. The molecule has 1 amide bonds. The summed E-state index contributed by atoms with van der Waals surface area (Å²) in [5, 5.41) is 8.68. The Kier molecular flexibility index (Phi) is 5.27. The van der Waals surface area contributed by atoms with Gasteiger partial charge in [-0.05, 0) is 41.9 Å². The van der Waals surface area contributed by atoms with Gasteiger partial charge in [-0.2, -0.15) is 0 Å². The molecular weight excluding hydrogens is 300 g/mol. The molecule has 98 valence electrons. The first-order valence-corrected chi connectivity index (χ1v) is 6.35. The van der Waals surface area contributed by atoms with Gasteiger partial charge in [0.15, 0.2) is 0 Å². The van der Waals surface area contributed by atoms with Crippen molar-refractivity contribution >= 4 is 27.8 Å². The van der Waals surface area contributed by atoms with E-state index in [1.54, 1.807) is 12.1 Å². The van der Waals surface area contributed by atoms with Crippen LogP contribution in [0.5, 0.6) is 0 Å². The fourth-order valence-corrected chi connectivity index (χ4v) is 1.71. The number of aliphatic carboxylic acids is 1. The van der Waals surface area contributed by atoms with Crippen LogP contribution in [0.3, 0.4) is 0 Å². The Labute approximate surface area is 114 Å². The molecule has 0 aliphatic carbocycles. The molecule has 1 aromatic heterocycles. The average Bonchev–Trinajstić information content (AvgIpc) is 2.29. The molecule has 0 fully saturated rings. The number of halogens is 1. The second-order valence-electron chi connectivity index (χ2n) is 4.11. The summed E-state index contributed by atoms with van der Waals surface area (Å²) >= 11 is 3.20. The lowest BCUT2D eigenvalue weighted by Gasteiger charge is -2.26. The molecule has 0 radical (unpaired) electrons. The smallest absolute Gasteiger partial charge is 0.305 e. The largest absolute Gasteiger partial charge is 0.481 e. The standard InChI is InChI=1S/C12H15BrN2O3/c1-8(2)15(6-5-11(16)17)12(18)9-3-4-10(13)14-7-9/h3-4,7-8H,5-6H2,1-2H3,(H,16,17). The predicted molar refractivity (Wildman–Crippen MR) is 70.4 cm³/mol. The van der Waals surface area contributed by atoms with E-state index in [1.165, 1.54) is 11.1 Å². The van der Waals surface area contributed by atoms with Crippen LogP contribution in [-0.4, -0.2) is 39.5 Å². The molecule has 0 saturated carbocycles. The van der Waals surface area contributed by atoms with Gasteiger partial charge in [-0.3, -0.25) is 9.59 Å². The van der Waals surface area contributed by atoms with Crippen LogP contribution in [0.2, 0.25) is 0 Å². The topological polar surface area (TPSA) is 70.5 Å². The van der Waals surface area contributed by atoms with Crippen LogP contribution in [0.15, 0.2) is 22.9 Å². The first-order chi connectivity index (χ1) is 8.41. The molecule has 1 N–H and O–H groups in total. The molecule has 0 spiro atoms. The van der Waals surface area contributed by atoms with Gasteiger partial charge in [-0.1, -0.05) is 0 Å². The molecule has 6 heteroatoms. The van der Waals surface area contributed by atoms with Crippen molar-refractivity contribution in [3.05, 3.63) is 28.5 Å². The van der Waals surface area contributed by atoms with Crippen molar-refractivity contribution in [3.8, 4) is 0 Å². The third-order valence-corrected chi connectivity index (χ3v) is 2.89. The van der Waals surface area contributed by atoms with Crippen molar-refractivity contribution in [1.29, 1.82) is 0 Å². The summed E-state index contributed by atoms with van der Waals surface area (Å²) in [5.41, 5.74) is 0.456. The van der Waals surface area contributed by atoms with Crippen molar-refractivity contribution in [1.82, 2.24) is 9.88 Å². The zero-order chi connectivity index (χ0) is 13.7. The van der Waals surface area contributed by atoms with Crippen LogP contribution in [-0.2, 0) is 4.79 Å². The molecule has 18 heavy (non-hydrogen) atoms. The minimum atomic E-state index is -0.914. The van der Waals surface area contributed by atoms with Gasteiger partial charge >= 0.3 is 5.97 Å². The van der Waals surface area contributed by atoms with E-state index in [9.17, 15) is 9.59 Å². The third-order valence-electron chi connectivity index (χ3n) is 2.43. The monoisotopic (exact) mass is 314 g/mol. The van der Waals surface area contributed by atoms with Gasteiger partial charge in [0, 0.05) is 18.8 Å². The number of rotatable bonds is 5. The van der Waals surface area contributed by atoms with Crippen molar-refractivity contribution in [2.24, 2.45) is 0 Å². The molecule has 1 rings (SSSR count). The number of pyridine rings is 1. The van der Waals surface area contributed by atoms with Gasteiger partial charge in [0.1, 0.15) is 4.60 Å². The highest BCUT2D eigenvalue weighted by atomic mass is 79.9. The van der Waals surface area contributed by atoms with Gasteiger partial charge in [0.2, 0.25) is 0 Å². The minimum absolute atomic E-state index is 0.0551. The fourth-order valence-electron chi connectivity index (χ4n) is 1.48. The highest BCUT2D eigenvalue weighted by Crippen LogP contribution is 2.11. The highest BCUT2D eigenvalue weighted by Gasteiger charge is 2.19. The first kappa shape index (κ1) is 14.6. The number of hydrogen-bond acceptors (Lipinski definition) is 3. The number of carbonyl (C=O) groups is 2. The normalized spacial score (nSPS) is 10.4. The van der Waals surface area contributed by atoms with E-state index >= 15 is 0 Å². The van der Waals surface area contributed by atoms with E-state index in [0.717, 1.165) is 0 Å². The number of amides is 1. The summed E-state index contributed by atoms with van der Waals surface area (Å²) in [6.45, 7) is 3.90. The molecule has 0 bridgehead atoms. The molecule has 1 heterocycles. The lowest BCUT2D eigenvalue weighted by Crippen LogP contribution is -2.38. The van der Waals surface area contributed by atoms with Crippen molar-refractivity contribution in [3.63, 3.8) is 0 Å². The number of carboxylic acids is 1. The molecule has 0 aromatic carbocycles. The van der Waals surface area contributed by atoms with Crippen molar-refractivity contribution in [2.75, 3.05) is 6.54 Å². The average molecular weight is 315 g/mol. The molecule has 1 aromatic rings. The third kappa shape index (κ3) is 4.10. The quantitative estimate of drug-likeness (QED) is 0.846. The lowest BCUT2D eigenvalue weighted by molar-refractivity contribution is -0.137. The molecule has 0 aliphatic rings. The van der Waals surface area contributed by atoms with E-state index in [0.29, 0.717) is 10.2 Å². The predicted octanol–water partition coefficient (Wildman–Crippen LogP) is 2.17. The zero-order valence-corrected chi connectivity index (χ0v) is 11.8. The van der Waals surface area contributed by atoms with Crippen LogP contribution in [0.25, 0.3) is 0 Å². The summed E-state index contributed by atoms with van der Waals surface area (Å²) in [6.07, 6.45) is 1.41. The molecule has 0 saturated heterocycles. The van der Waals surface area contributed by atoms with Crippen molar-refractivity contribution in [2.45, 2.75) is 26.3 Å². The molecule has 0 aliphatic heterocycles. The highest BCUT2D eigenvalue weighted by molar-refractivity contribution is 9.10. The second kappa shape index (κ2) is 6.49. The maximum atomic E-state index is 12.2. The maximum absolute atomic E-state index is 12.2. The van der Waals surface area contributed by atoms with Crippen LogP contribution < -0.4 is 0 Å². The van der Waals surface area contributed by atoms with Gasteiger partial charge in [-0.25, -0.2) is 4.98 Å². The van der Waals surface area contributed by atoms with Gasteiger partial charge < -0.3 is 10.0 Å². The lowest BCUT2D eigenvalue weighted by atomic mass is 10.2. The maximum Gasteiger partial charge on any atom is 0.305 e. The van der Waals surface area contributed by atoms with E-state index in [2.05, 4.69) is 20.9 Å². The Hall–Kier alpha value is -1.43. The summed E-state index contributed by atoms with van der Waals surface area (Å²) in [7, 11) is 0. The number of carbonyl (C=O) groups excluding carboxylic acids is 1. The van der Waals surface area contributed by atoms with Crippen LogP contribution in [0.4, 0.5) is 0 Å². The summed E-state index contributed by atoms with van der Waals surface area (Å²) in [5.74, 6) is -1.12. The van der Waals surface area contributed by atoms with Crippen molar-refractivity contribution < 1.29 is 14.7 Å². The van der Waals surface area contributed by atoms with E-state index in [4.69, 9.17) is 5.11 Å². The van der Waals surface area contributed by atoms with Gasteiger partial charge in [0.05, 0.1) is 12.0 Å². The van der Waals surface area contributed by atoms with Crippen LogP contribution >= 0.6 is 15.9 Å². The molecule has 5 nitrogen and oxygen atoms in total. The Morgan fingerprint density at radius 2 is 2.11 bits per heavy atom. The number of hydrogen-bond donors (Lipinski definition) is 1. The Balaban J connectivity index is 2.82. The molecule has 0 atom stereocenters. The number of aromatic nitrogens is 1. The summed E-state index contributed by atoms with van der Waals surface area (Å²) < 4.78 is 0.653. The Morgan fingerprint density at radius 1 is 1.44 bits per heavy atom. The molecular formula is C12H15BrN2O3. The SMILES string of the molecule is CC(C)N(CCC(=O)O)C(=O)c1ccc(Br)nc1. The minimum Gasteiger partial charge on any atom is -0.481 e. The van der Waals surface area contributed by atoms with E-state index < -0.39 is 5.97 Å². The van der Waals surface area contributed by atoms with Crippen LogP contribution in [0.1, 0.15) is 30.6 Å². The Morgan fingerprint density at radius 3 is 2.56 bits per heavy atom. The molecule has 0 unspecified atom stereocenters. The van der Waals surface area contributed by atoms with Crippen LogP contribution in [0, 0.1) is 0 Å². The van der Waals surface area contributed by atoms with Gasteiger partial charge in [0.25, 0.3) is 5.91 Å². The fraction of sp³-hybridized carbons (Fsp3) is 0.417. The van der Waals surface area contributed by atoms with E-state index in [-0.39, 0.29) is 24.9 Å². The first-order valence-electron chi connectivity index (χ1n) is 5.56. The summed E-state index contributed by atoms with van der Waals surface area (Å²) in [4.78, 5) is 28.3. The summed E-state index contributed by atoms with van der Waals surface area (Å²) in [6, 6.07) is 3.29. The number of nitrogens with zero attached hydrogens (tertiary/aromatic N) is 2. The Bertz CT molecular complexity index is 431. The zero-order valence-electron chi connectivity index (χ0n) is 10.3. The van der Waals surface area contributed by atoms with E-state index in [1.807, 2.05) is 13.8 Å².